The normalized spacial score (nSPS) is 20.9. The van der Waals surface area contributed by atoms with Gasteiger partial charge >= 0.3 is 0 Å². The number of hydrogen-bond donors (Lipinski definition) is 2. The van der Waals surface area contributed by atoms with Crippen molar-refractivity contribution in [3.63, 3.8) is 0 Å². The van der Waals surface area contributed by atoms with Gasteiger partial charge < -0.3 is 10.6 Å². The third kappa shape index (κ3) is 4.30. The van der Waals surface area contributed by atoms with Crippen molar-refractivity contribution >= 4 is 5.84 Å². The van der Waals surface area contributed by atoms with Crippen molar-refractivity contribution in [2.24, 2.45) is 23.0 Å². The fourth-order valence-electron chi connectivity index (χ4n) is 2.16. The minimum absolute atomic E-state index is 0.134. The summed E-state index contributed by atoms with van der Waals surface area (Å²) in [5, 5.41) is 7.61. The molecule has 0 aromatic rings. The summed E-state index contributed by atoms with van der Waals surface area (Å²) in [6, 6.07) is 0. The van der Waals surface area contributed by atoms with Crippen molar-refractivity contribution in [2.45, 2.75) is 46.0 Å². The van der Waals surface area contributed by atoms with E-state index in [4.69, 9.17) is 11.1 Å². The molecule has 2 aliphatic carbocycles. The Morgan fingerprint density at radius 2 is 1.65 bits per heavy atom. The van der Waals surface area contributed by atoms with Crippen molar-refractivity contribution in [3.05, 3.63) is 0 Å². The van der Waals surface area contributed by atoms with Gasteiger partial charge in [0.05, 0.1) is 5.84 Å². The van der Waals surface area contributed by atoms with Gasteiger partial charge in [0.25, 0.3) is 0 Å². The van der Waals surface area contributed by atoms with Gasteiger partial charge in [-0.05, 0) is 50.5 Å². The monoisotopic (exact) mass is 237 g/mol. The molecule has 0 aromatic heterocycles. The molecule has 3 nitrogen and oxygen atoms in total. The summed E-state index contributed by atoms with van der Waals surface area (Å²) in [5.41, 5.74) is 5.51. The SMILES string of the molecule is CC(C)(CCN(CC1CC1)CC1CC1)C(=N)N. The maximum Gasteiger partial charge on any atom is 0.0963 e. The van der Waals surface area contributed by atoms with E-state index in [-0.39, 0.29) is 5.41 Å². The Labute approximate surface area is 105 Å². The third-order valence-electron chi connectivity index (χ3n) is 4.21. The predicted molar refractivity (Wildman–Crippen MR) is 72.2 cm³/mol. The fourth-order valence-corrected chi connectivity index (χ4v) is 2.16. The van der Waals surface area contributed by atoms with Crippen molar-refractivity contribution < 1.29 is 0 Å². The second-order valence-electron chi connectivity index (χ2n) is 6.69. The molecule has 98 valence electrons. The summed E-state index contributed by atoms with van der Waals surface area (Å²) in [7, 11) is 0. The predicted octanol–water partition coefficient (Wildman–Crippen LogP) is 2.46. The molecule has 0 amide bonds. The lowest BCUT2D eigenvalue weighted by Gasteiger charge is -2.28. The smallest absolute Gasteiger partial charge is 0.0963 e. The van der Waals surface area contributed by atoms with Crippen LogP contribution in [0.2, 0.25) is 0 Å². The highest BCUT2D eigenvalue weighted by molar-refractivity contribution is 5.82. The topological polar surface area (TPSA) is 53.1 Å². The van der Waals surface area contributed by atoms with E-state index >= 15 is 0 Å². The van der Waals surface area contributed by atoms with Gasteiger partial charge in [-0.25, -0.2) is 0 Å². The summed E-state index contributed by atoms with van der Waals surface area (Å²) < 4.78 is 0. The van der Waals surface area contributed by atoms with Crippen LogP contribution in [0, 0.1) is 22.7 Å². The van der Waals surface area contributed by atoms with Gasteiger partial charge in [0.15, 0.2) is 0 Å². The molecule has 0 aromatic carbocycles. The quantitative estimate of drug-likeness (QED) is 0.503. The Hall–Kier alpha value is -0.570. The molecule has 2 aliphatic rings. The molecule has 2 fully saturated rings. The van der Waals surface area contributed by atoms with Gasteiger partial charge in [0.1, 0.15) is 0 Å². The van der Waals surface area contributed by atoms with Crippen LogP contribution in [0.5, 0.6) is 0 Å². The molecule has 3 N–H and O–H groups in total. The molecule has 3 heteroatoms. The maximum absolute atomic E-state index is 7.61. The van der Waals surface area contributed by atoms with E-state index in [0.717, 1.165) is 24.8 Å². The Balaban J connectivity index is 1.76. The van der Waals surface area contributed by atoms with Gasteiger partial charge in [-0.15, -0.1) is 0 Å². The van der Waals surface area contributed by atoms with E-state index in [1.807, 2.05) is 0 Å². The Bertz CT molecular complexity index is 263. The van der Waals surface area contributed by atoms with Crippen LogP contribution < -0.4 is 5.73 Å². The molecule has 0 saturated heterocycles. The average Bonchev–Trinajstić information content (AvgIpc) is 3.08. The molecule has 2 rings (SSSR count). The minimum Gasteiger partial charge on any atom is -0.387 e. The van der Waals surface area contributed by atoms with Crippen LogP contribution in [-0.2, 0) is 0 Å². The Kier molecular flexibility index (Phi) is 3.76. The summed E-state index contributed by atoms with van der Waals surface area (Å²) in [6.45, 7) is 7.85. The lowest BCUT2D eigenvalue weighted by Crippen LogP contribution is -2.37. The summed E-state index contributed by atoms with van der Waals surface area (Å²) in [4.78, 5) is 2.63. The number of amidine groups is 1. The van der Waals surface area contributed by atoms with Crippen LogP contribution in [0.3, 0.4) is 0 Å². The number of nitrogens with one attached hydrogen (secondary N) is 1. The van der Waals surface area contributed by atoms with Gasteiger partial charge in [0.2, 0.25) is 0 Å². The largest absolute Gasteiger partial charge is 0.387 e. The second kappa shape index (κ2) is 4.97. The molecule has 17 heavy (non-hydrogen) atoms. The molecule has 0 bridgehead atoms. The average molecular weight is 237 g/mol. The zero-order valence-electron chi connectivity index (χ0n) is 11.3. The van der Waals surface area contributed by atoms with E-state index in [2.05, 4.69) is 18.7 Å². The van der Waals surface area contributed by atoms with Crippen molar-refractivity contribution in [1.82, 2.24) is 4.90 Å². The molecule has 2 saturated carbocycles. The highest BCUT2D eigenvalue weighted by Gasteiger charge is 2.30. The first-order chi connectivity index (χ1) is 7.97. The van der Waals surface area contributed by atoms with Gasteiger partial charge in [-0.1, -0.05) is 13.8 Å². The lowest BCUT2D eigenvalue weighted by atomic mass is 9.88. The number of nitrogens with two attached hydrogens (primary N) is 1. The molecular formula is C14H27N3. The van der Waals surface area contributed by atoms with Crippen LogP contribution in [0.1, 0.15) is 46.0 Å². The second-order valence-corrected chi connectivity index (χ2v) is 6.69. The number of nitrogens with zero attached hydrogens (tertiary/aromatic N) is 1. The Morgan fingerprint density at radius 1 is 1.18 bits per heavy atom. The highest BCUT2D eigenvalue weighted by Crippen LogP contribution is 2.34. The van der Waals surface area contributed by atoms with Crippen LogP contribution >= 0.6 is 0 Å². The van der Waals surface area contributed by atoms with E-state index in [1.165, 1.54) is 38.8 Å². The molecular weight excluding hydrogens is 210 g/mol. The molecule has 0 aliphatic heterocycles. The van der Waals surface area contributed by atoms with Crippen LogP contribution in [-0.4, -0.2) is 30.4 Å². The first-order valence-corrected chi connectivity index (χ1v) is 7.04. The number of hydrogen-bond acceptors (Lipinski definition) is 2. The van der Waals surface area contributed by atoms with E-state index in [9.17, 15) is 0 Å². The van der Waals surface area contributed by atoms with Crippen molar-refractivity contribution in [1.29, 1.82) is 5.41 Å². The van der Waals surface area contributed by atoms with Gasteiger partial charge in [-0.3, -0.25) is 5.41 Å². The standard InChI is InChI=1S/C14H27N3/c1-14(2,13(15)16)7-8-17(9-11-3-4-11)10-12-5-6-12/h11-12H,3-10H2,1-2H3,(H3,15,16). The molecule has 0 unspecified atom stereocenters. The third-order valence-corrected chi connectivity index (χ3v) is 4.21. The summed E-state index contributed by atoms with van der Waals surface area (Å²) in [5.74, 6) is 2.26. The van der Waals surface area contributed by atoms with Crippen LogP contribution in [0.4, 0.5) is 0 Å². The minimum atomic E-state index is -0.134. The Morgan fingerprint density at radius 3 is 2.00 bits per heavy atom. The first kappa shape index (κ1) is 12.9. The van der Waals surface area contributed by atoms with Crippen LogP contribution in [0.15, 0.2) is 0 Å². The molecule has 0 radical (unpaired) electrons. The van der Waals surface area contributed by atoms with Gasteiger partial charge in [0, 0.05) is 18.5 Å². The van der Waals surface area contributed by atoms with Crippen LogP contribution in [0.25, 0.3) is 0 Å². The first-order valence-electron chi connectivity index (χ1n) is 7.04. The molecule has 0 heterocycles. The van der Waals surface area contributed by atoms with Crippen molar-refractivity contribution in [2.75, 3.05) is 19.6 Å². The summed E-state index contributed by atoms with van der Waals surface area (Å²) >= 11 is 0. The van der Waals surface area contributed by atoms with E-state index in [1.54, 1.807) is 0 Å². The highest BCUT2D eigenvalue weighted by atomic mass is 15.1. The van der Waals surface area contributed by atoms with E-state index < -0.39 is 0 Å². The number of rotatable bonds is 8. The van der Waals surface area contributed by atoms with Crippen molar-refractivity contribution in [3.8, 4) is 0 Å². The van der Waals surface area contributed by atoms with E-state index in [0.29, 0.717) is 5.84 Å². The summed E-state index contributed by atoms with van der Waals surface area (Å²) in [6.07, 6.45) is 6.73. The fraction of sp³-hybridized carbons (Fsp3) is 0.929. The lowest BCUT2D eigenvalue weighted by molar-refractivity contribution is 0.227. The zero-order chi connectivity index (χ0) is 12.5. The molecule has 0 spiro atoms. The molecule has 0 atom stereocenters. The maximum atomic E-state index is 7.61. The zero-order valence-corrected chi connectivity index (χ0v) is 11.3. The van der Waals surface area contributed by atoms with Gasteiger partial charge in [-0.2, -0.15) is 0 Å².